The van der Waals surface area contributed by atoms with Crippen molar-refractivity contribution < 1.29 is 9.53 Å². The van der Waals surface area contributed by atoms with Gasteiger partial charge in [-0.05, 0) is 29.7 Å². The number of aromatic nitrogens is 1. The second-order valence-corrected chi connectivity index (χ2v) is 9.40. The summed E-state index contributed by atoms with van der Waals surface area (Å²) < 4.78 is 7.34. The molecule has 0 radical (unpaired) electrons. The fraction of sp³-hybridized carbons (Fsp3) is 0.259. The van der Waals surface area contributed by atoms with Crippen molar-refractivity contribution in [3.63, 3.8) is 0 Å². The zero-order chi connectivity index (χ0) is 22.6. The molecule has 2 heterocycles. The fourth-order valence-corrected chi connectivity index (χ4v) is 5.26. The first-order valence-electron chi connectivity index (χ1n) is 11.4. The number of fused-ring (bicyclic) bond motifs is 1. The quantitative estimate of drug-likeness (QED) is 0.403. The van der Waals surface area contributed by atoms with Crippen molar-refractivity contribution in [3.8, 4) is 5.19 Å². The maximum absolute atomic E-state index is 13.1. The van der Waals surface area contributed by atoms with Crippen molar-refractivity contribution in [2.75, 3.05) is 13.1 Å². The third-order valence-electron chi connectivity index (χ3n) is 6.13. The third kappa shape index (κ3) is 4.86. The van der Waals surface area contributed by atoms with E-state index in [0.29, 0.717) is 13.1 Å². The minimum Gasteiger partial charge on any atom is -0.467 e. The Kier molecular flexibility index (Phi) is 6.26. The van der Waals surface area contributed by atoms with E-state index in [1.54, 1.807) is 11.3 Å². The molecule has 2 amide bonds. The molecule has 33 heavy (non-hydrogen) atoms. The molecule has 0 saturated carbocycles. The predicted octanol–water partition coefficient (Wildman–Crippen LogP) is 5.95. The van der Waals surface area contributed by atoms with Gasteiger partial charge in [-0.1, -0.05) is 84.1 Å². The molecule has 0 bridgehead atoms. The molecule has 5 rings (SSSR count). The summed E-state index contributed by atoms with van der Waals surface area (Å²) in [7, 11) is 0. The highest BCUT2D eigenvalue weighted by molar-refractivity contribution is 7.20. The van der Waals surface area contributed by atoms with Gasteiger partial charge in [-0.2, -0.15) is 0 Å². The number of benzene rings is 3. The molecule has 1 saturated heterocycles. The SMILES string of the molecule is Cc1cccc2sc(OC3CCN(C(=O)NC(c4ccccc4)c4ccccc4)CC3)nc12. The largest absolute Gasteiger partial charge is 0.467 e. The summed E-state index contributed by atoms with van der Waals surface area (Å²) in [6.45, 7) is 3.40. The van der Waals surface area contributed by atoms with Crippen molar-refractivity contribution in [2.24, 2.45) is 0 Å². The van der Waals surface area contributed by atoms with Gasteiger partial charge in [0.2, 0.25) is 0 Å². The molecule has 1 aliphatic heterocycles. The lowest BCUT2D eigenvalue weighted by Crippen LogP contribution is -2.47. The second-order valence-electron chi connectivity index (χ2n) is 8.41. The summed E-state index contributed by atoms with van der Waals surface area (Å²) in [4.78, 5) is 19.7. The van der Waals surface area contributed by atoms with Gasteiger partial charge in [0.1, 0.15) is 6.10 Å². The maximum atomic E-state index is 13.1. The summed E-state index contributed by atoms with van der Waals surface area (Å²) in [6, 6.07) is 26.2. The Morgan fingerprint density at radius 2 is 1.61 bits per heavy atom. The number of hydrogen-bond acceptors (Lipinski definition) is 4. The maximum Gasteiger partial charge on any atom is 0.318 e. The Morgan fingerprint density at radius 1 is 0.970 bits per heavy atom. The van der Waals surface area contributed by atoms with E-state index < -0.39 is 0 Å². The van der Waals surface area contributed by atoms with Crippen molar-refractivity contribution in [1.82, 2.24) is 15.2 Å². The lowest BCUT2D eigenvalue weighted by molar-refractivity contribution is 0.110. The number of amides is 2. The average molecular weight is 458 g/mol. The zero-order valence-electron chi connectivity index (χ0n) is 18.6. The summed E-state index contributed by atoms with van der Waals surface area (Å²) in [6.07, 6.45) is 1.67. The molecular weight excluding hydrogens is 430 g/mol. The summed E-state index contributed by atoms with van der Waals surface area (Å²) in [5.74, 6) is 0. The lowest BCUT2D eigenvalue weighted by Gasteiger charge is -2.33. The number of nitrogens with zero attached hydrogens (tertiary/aromatic N) is 2. The minimum absolute atomic E-state index is 0.0400. The number of urea groups is 1. The van der Waals surface area contributed by atoms with Crippen molar-refractivity contribution in [1.29, 1.82) is 0 Å². The summed E-state index contributed by atoms with van der Waals surface area (Å²) in [5.41, 5.74) is 4.32. The highest BCUT2D eigenvalue weighted by atomic mass is 32.1. The molecule has 0 aliphatic carbocycles. The molecule has 0 atom stereocenters. The molecule has 0 unspecified atom stereocenters. The molecule has 3 aromatic carbocycles. The standard InChI is InChI=1S/C27H27N3O2S/c1-19-9-8-14-23-24(19)29-27(33-23)32-22-15-17-30(18-16-22)26(31)28-25(20-10-4-2-5-11-20)21-12-6-3-7-13-21/h2-14,22,25H,15-18H2,1H3,(H,28,31). The van der Waals surface area contributed by atoms with Gasteiger partial charge in [-0.15, -0.1) is 0 Å². The number of carbonyl (C=O) groups excluding carboxylic acids is 1. The highest BCUT2D eigenvalue weighted by Gasteiger charge is 2.27. The number of likely N-dealkylation sites (tertiary alicyclic amines) is 1. The van der Waals surface area contributed by atoms with Gasteiger partial charge < -0.3 is 15.0 Å². The van der Waals surface area contributed by atoms with Crippen LogP contribution in [0, 0.1) is 6.92 Å². The lowest BCUT2D eigenvalue weighted by atomic mass is 9.99. The number of ether oxygens (including phenoxy) is 1. The van der Waals surface area contributed by atoms with Gasteiger partial charge in [-0.25, -0.2) is 9.78 Å². The van der Waals surface area contributed by atoms with Crippen molar-refractivity contribution in [2.45, 2.75) is 31.9 Å². The van der Waals surface area contributed by atoms with E-state index in [-0.39, 0.29) is 18.2 Å². The van der Waals surface area contributed by atoms with Gasteiger partial charge in [0.05, 0.1) is 16.3 Å². The number of piperidine rings is 1. The van der Waals surface area contributed by atoms with Crippen molar-refractivity contribution >= 4 is 27.6 Å². The van der Waals surface area contributed by atoms with Crippen LogP contribution < -0.4 is 10.1 Å². The van der Waals surface area contributed by atoms with Gasteiger partial charge in [0, 0.05) is 25.9 Å². The Bertz CT molecular complexity index is 1180. The molecule has 5 nitrogen and oxygen atoms in total. The monoisotopic (exact) mass is 457 g/mol. The molecule has 4 aromatic rings. The van der Waals surface area contributed by atoms with Gasteiger partial charge >= 0.3 is 6.03 Å². The molecule has 0 spiro atoms. The highest BCUT2D eigenvalue weighted by Crippen LogP contribution is 2.31. The van der Waals surface area contributed by atoms with Crippen LogP contribution in [-0.2, 0) is 0 Å². The molecular formula is C27H27N3O2S. The van der Waals surface area contributed by atoms with Gasteiger partial charge in [0.15, 0.2) is 0 Å². The van der Waals surface area contributed by atoms with Gasteiger partial charge in [-0.3, -0.25) is 0 Å². The van der Waals surface area contributed by atoms with E-state index in [9.17, 15) is 4.79 Å². The van der Waals surface area contributed by atoms with Crippen LogP contribution in [0.4, 0.5) is 4.79 Å². The third-order valence-corrected chi connectivity index (χ3v) is 7.04. The Morgan fingerprint density at radius 3 is 2.21 bits per heavy atom. The van der Waals surface area contributed by atoms with Gasteiger partial charge in [0.25, 0.3) is 5.19 Å². The van der Waals surface area contributed by atoms with E-state index in [1.807, 2.05) is 41.3 Å². The predicted molar refractivity (Wildman–Crippen MR) is 133 cm³/mol. The first kappa shape index (κ1) is 21.5. The van der Waals surface area contributed by atoms with Crippen LogP contribution in [0.1, 0.15) is 35.6 Å². The van der Waals surface area contributed by atoms with Crippen LogP contribution >= 0.6 is 11.3 Å². The van der Waals surface area contributed by atoms with E-state index in [0.717, 1.165) is 44.9 Å². The first-order valence-corrected chi connectivity index (χ1v) is 12.2. The van der Waals surface area contributed by atoms with Crippen molar-refractivity contribution in [3.05, 3.63) is 95.6 Å². The van der Waals surface area contributed by atoms with E-state index >= 15 is 0 Å². The molecule has 168 valence electrons. The van der Waals surface area contributed by atoms with Crippen LogP contribution in [-0.4, -0.2) is 35.1 Å². The van der Waals surface area contributed by atoms with E-state index in [4.69, 9.17) is 4.74 Å². The number of para-hydroxylation sites is 1. The summed E-state index contributed by atoms with van der Waals surface area (Å²) in [5, 5.41) is 3.96. The topological polar surface area (TPSA) is 54.5 Å². The number of carbonyl (C=O) groups is 1. The normalized spacial score (nSPS) is 14.5. The second kappa shape index (κ2) is 9.63. The smallest absolute Gasteiger partial charge is 0.318 e. The average Bonchev–Trinajstić information content (AvgIpc) is 3.28. The van der Waals surface area contributed by atoms with Crippen LogP contribution in [0.3, 0.4) is 0 Å². The number of nitrogens with one attached hydrogen (secondary N) is 1. The fourth-order valence-electron chi connectivity index (χ4n) is 4.30. The molecule has 1 aromatic heterocycles. The molecule has 1 fully saturated rings. The van der Waals surface area contributed by atoms with Crippen LogP contribution in [0.15, 0.2) is 78.9 Å². The Labute approximate surface area is 198 Å². The summed E-state index contributed by atoms with van der Waals surface area (Å²) >= 11 is 1.59. The van der Waals surface area contributed by atoms with E-state index in [1.165, 1.54) is 0 Å². The first-order chi connectivity index (χ1) is 16.2. The number of aryl methyl sites for hydroxylation is 1. The molecule has 6 heteroatoms. The number of rotatable bonds is 5. The molecule has 1 aliphatic rings. The van der Waals surface area contributed by atoms with Crippen LogP contribution in [0.5, 0.6) is 5.19 Å². The Balaban J connectivity index is 1.22. The number of hydrogen-bond donors (Lipinski definition) is 1. The van der Waals surface area contributed by atoms with Crippen LogP contribution in [0.25, 0.3) is 10.2 Å². The number of thiazole rings is 1. The zero-order valence-corrected chi connectivity index (χ0v) is 19.4. The van der Waals surface area contributed by atoms with Crippen LogP contribution in [0.2, 0.25) is 0 Å². The minimum atomic E-state index is -0.181. The molecule has 1 N–H and O–H groups in total. The Hall–Kier alpha value is -3.38. The van der Waals surface area contributed by atoms with E-state index in [2.05, 4.69) is 59.7 Å².